The van der Waals surface area contributed by atoms with E-state index in [4.69, 9.17) is 5.73 Å². The van der Waals surface area contributed by atoms with Crippen LogP contribution in [0.5, 0.6) is 5.75 Å². The fraction of sp³-hybridized carbons (Fsp3) is 0.286. The number of carbonyl (C=O) groups excluding carboxylic acids is 1. The molecule has 7 heteroatoms. The molecule has 1 aliphatic rings. The summed E-state index contributed by atoms with van der Waals surface area (Å²) in [6, 6.07) is 5.33. The Kier molecular flexibility index (Phi) is 4.82. The van der Waals surface area contributed by atoms with E-state index in [1.54, 1.807) is 22.4 Å². The summed E-state index contributed by atoms with van der Waals surface area (Å²) in [4.78, 5) is 18.4. The minimum atomic E-state index is -0.0741. The van der Waals surface area contributed by atoms with Crippen molar-refractivity contribution in [1.29, 1.82) is 0 Å². The van der Waals surface area contributed by atoms with Crippen LogP contribution >= 0.6 is 23.7 Å². The van der Waals surface area contributed by atoms with Gasteiger partial charge in [-0.05, 0) is 29.7 Å². The number of nitrogens with two attached hydrogens (primary N) is 1. The van der Waals surface area contributed by atoms with Gasteiger partial charge >= 0.3 is 0 Å². The maximum absolute atomic E-state index is 12.4. The summed E-state index contributed by atoms with van der Waals surface area (Å²) in [5.41, 5.74) is 8.16. The lowest BCUT2D eigenvalue weighted by molar-refractivity contribution is 0.0729. The monoisotopic (exact) mass is 325 g/mol. The molecule has 0 saturated carbocycles. The fourth-order valence-corrected chi connectivity index (χ4v) is 3.03. The van der Waals surface area contributed by atoms with Gasteiger partial charge < -0.3 is 15.7 Å². The lowest BCUT2D eigenvalue weighted by Gasteiger charge is -2.28. The predicted molar refractivity (Wildman–Crippen MR) is 83.8 cm³/mol. The second-order valence-electron chi connectivity index (χ2n) is 4.76. The smallest absolute Gasteiger partial charge is 0.273 e. The molecule has 0 spiro atoms. The molecule has 0 saturated heterocycles. The number of aromatic nitrogens is 1. The third kappa shape index (κ3) is 3.18. The van der Waals surface area contributed by atoms with Crippen LogP contribution in [0.2, 0.25) is 0 Å². The van der Waals surface area contributed by atoms with Gasteiger partial charge in [-0.2, -0.15) is 0 Å². The Morgan fingerprint density at radius 1 is 1.43 bits per heavy atom. The molecule has 0 bridgehead atoms. The molecule has 1 aromatic carbocycles. The Balaban J connectivity index is 0.00000161. The molecule has 0 radical (unpaired) electrons. The first-order chi connectivity index (χ1) is 9.67. The number of hydrogen-bond acceptors (Lipinski definition) is 5. The fourth-order valence-electron chi connectivity index (χ4n) is 2.38. The first-order valence-electron chi connectivity index (χ1n) is 6.42. The second-order valence-corrected chi connectivity index (χ2v) is 5.70. The average molecular weight is 326 g/mol. The minimum Gasteiger partial charge on any atom is -0.508 e. The average Bonchev–Trinajstić information content (AvgIpc) is 2.94. The number of thiazole rings is 1. The van der Waals surface area contributed by atoms with Crippen molar-refractivity contribution >= 4 is 29.7 Å². The van der Waals surface area contributed by atoms with Crippen molar-refractivity contribution in [3.8, 4) is 5.75 Å². The van der Waals surface area contributed by atoms with Crippen molar-refractivity contribution in [2.24, 2.45) is 5.73 Å². The first-order valence-corrected chi connectivity index (χ1v) is 7.30. The molecule has 5 nitrogen and oxygen atoms in total. The van der Waals surface area contributed by atoms with Crippen molar-refractivity contribution < 1.29 is 9.90 Å². The van der Waals surface area contributed by atoms with E-state index < -0.39 is 0 Å². The Morgan fingerprint density at radius 3 is 2.95 bits per heavy atom. The summed E-state index contributed by atoms with van der Waals surface area (Å²) in [7, 11) is 0. The van der Waals surface area contributed by atoms with Crippen LogP contribution in [0.15, 0.2) is 23.6 Å². The maximum atomic E-state index is 12.4. The van der Waals surface area contributed by atoms with Crippen LogP contribution in [0.3, 0.4) is 0 Å². The highest BCUT2D eigenvalue weighted by Gasteiger charge is 2.23. The highest BCUT2D eigenvalue weighted by atomic mass is 35.5. The molecule has 1 aromatic heterocycles. The lowest BCUT2D eigenvalue weighted by atomic mass is 9.99. The molecule has 2 aromatic rings. The number of hydrogen-bond donors (Lipinski definition) is 2. The van der Waals surface area contributed by atoms with Gasteiger partial charge in [-0.1, -0.05) is 6.07 Å². The summed E-state index contributed by atoms with van der Waals surface area (Å²) < 4.78 is 0. The van der Waals surface area contributed by atoms with E-state index >= 15 is 0 Å². The number of amides is 1. The number of phenolic OH excluding ortho intramolecular Hbond substituents is 1. The van der Waals surface area contributed by atoms with Crippen LogP contribution in [0.25, 0.3) is 0 Å². The summed E-state index contributed by atoms with van der Waals surface area (Å²) >= 11 is 1.41. The van der Waals surface area contributed by atoms with Crippen LogP contribution in [0.1, 0.15) is 26.6 Å². The predicted octanol–water partition coefficient (Wildman–Crippen LogP) is 1.93. The number of fused-ring (bicyclic) bond motifs is 1. The number of benzene rings is 1. The zero-order valence-corrected chi connectivity index (χ0v) is 12.9. The number of phenols is 1. The number of aromatic hydroxyl groups is 1. The van der Waals surface area contributed by atoms with Crippen LogP contribution in [0, 0.1) is 0 Å². The van der Waals surface area contributed by atoms with E-state index in [1.807, 2.05) is 6.07 Å². The number of carbonyl (C=O) groups is 1. The Morgan fingerprint density at radius 2 is 2.24 bits per heavy atom. The van der Waals surface area contributed by atoms with Gasteiger partial charge in [0.2, 0.25) is 0 Å². The lowest BCUT2D eigenvalue weighted by Crippen LogP contribution is -2.36. The van der Waals surface area contributed by atoms with Gasteiger partial charge in [0, 0.05) is 25.0 Å². The van der Waals surface area contributed by atoms with Crippen molar-refractivity contribution in [3.05, 3.63) is 45.4 Å². The van der Waals surface area contributed by atoms with Crippen LogP contribution in [0.4, 0.5) is 0 Å². The zero-order chi connectivity index (χ0) is 14.1. The number of halogens is 1. The van der Waals surface area contributed by atoms with Crippen LogP contribution in [-0.2, 0) is 19.5 Å². The Labute approximate surface area is 132 Å². The van der Waals surface area contributed by atoms with E-state index in [-0.39, 0.29) is 24.1 Å². The standard InChI is InChI=1S/C14H15N3O2S.ClH/c15-6-13-16-12(8-20-13)14(19)17-4-3-9-1-2-11(18)5-10(9)7-17;/h1-2,5,8,18H,3-4,6-7,15H2;1H. The molecule has 0 atom stereocenters. The van der Waals surface area contributed by atoms with Gasteiger partial charge in [-0.15, -0.1) is 23.7 Å². The molecule has 112 valence electrons. The number of rotatable bonds is 2. The van der Waals surface area contributed by atoms with E-state index in [1.165, 1.54) is 16.9 Å². The van der Waals surface area contributed by atoms with Gasteiger partial charge in [0.05, 0.1) is 0 Å². The topological polar surface area (TPSA) is 79.5 Å². The molecule has 0 fully saturated rings. The zero-order valence-electron chi connectivity index (χ0n) is 11.3. The van der Waals surface area contributed by atoms with E-state index in [0.29, 0.717) is 25.3 Å². The summed E-state index contributed by atoms with van der Waals surface area (Å²) in [6.45, 7) is 1.54. The maximum Gasteiger partial charge on any atom is 0.273 e. The molecule has 1 aliphatic heterocycles. The van der Waals surface area contributed by atoms with Gasteiger partial charge in [0.25, 0.3) is 5.91 Å². The molecular weight excluding hydrogens is 310 g/mol. The molecule has 2 heterocycles. The quantitative estimate of drug-likeness (QED) is 0.884. The first kappa shape index (κ1) is 15.8. The van der Waals surface area contributed by atoms with Crippen molar-refractivity contribution in [2.75, 3.05) is 6.54 Å². The van der Waals surface area contributed by atoms with Crippen LogP contribution in [-0.4, -0.2) is 27.4 Å². The van der Waals surface area contributed by atoms with E-state index in [0.717, 1.165) is 17.0 Å². The molecule has 0 aliphatic carbocycles. The molecular formula is C14H16ClN3O2S. The highest BCUT2D eigenvalue weighted by Crippen LogP contribution is 2.24. The van der Waals surface area contributed by atoms with Gasteiger partial charge in [-0.25, -0.2) is 4.98 Å². The number of nitrogens with zero attached hydrogens (tertiary/aromatic N) is 2. The van der Waals surface area contributed by atoms with Crippen molar-refractivity contribution in [2.45, 2.75) is 19.5 Å². The molecule has 1 amide bonds. The Hall–Kier alpha value is -1.63. The second kappa shape index (κ2) is 6.43. The van der Waals surface area contributed by atoms with Gasteiger partial charge in [0.1, 0.15) is 16.5 Å². The van der Waals surface area contributed by atoms with Crippen molar-refractivity contribution in [3.63, 3.8) is 0 Å². The molecule has 3 rings (SSSR count). The SMILES string of the molecule is Cl.NCc1nc(C(=O)N2CCc3ccc(O)cc3C2)cs1. The third-order valence-electron chi connectivity index (χ3n) is 3.43. The summed E-state index contributed by atoms with van der Waals surface area (Å²) in [5.74, 6) is 0.159. The third-order valence-corrected chi connectivity index (χ3v) is 4.31. The largest absolute Gasteiger partial charge is 0.508 e. The van der Waals surface area contributed by atoms with Gasteiger partial charge in [-0.3, -0.25) is 4.79 Å². The van der Waals surface area contributed by atoms with Crippen molar-refractivity contribution in [1.82, 2.24) is 9.88 Å². The summed E-state index contributed by atoms with van der Waals surface area (Å²) in [6.07, 6.45) is 0.801. The molecule has 21 heavy (non-hydrogen) atoms. The van der Waals surface area contributed by atoms with E-state index in [9.17, 15) is 9.90 Å². The van der Waals surface area contributed by atoms with Crippen LogP contribution < -0.4 is 5.73 Å². The molecule has 0 unspecified atom stereocenters. The minimum absolute atomic E-state index is 0. The Bertz CT molecular complexity index is 659. The highest BCUT2D eigenvalue weighted by molar-refractivity contribution is 7.09. The van der Waals surface area contributed by atoms with E-state index in [2.05, 4.69) is 4.98 Å². The molecule has 3 N–H and O–H groups in total. The summed E-state index contributed by atoms with van der Waals surface area (Å²) in [5, 5.41) is 12.1. The van der Waals surface area contributed by atoms with Gasteiger partial charge in [0.15, 0.2) is 0 Å². The normalized spacial score (nSPS) is 13.5.